The molecule has 30 heavy (non-hydrogen) atoms. The molecule has 0 spiro atoms. The lowest BCUT2D eigenvalue weighted by Crippen LogP contribution is -2.43. The van der Waals surface area contributed by atoms with E-state index in [4.69, 9.17) is 9.47 Å². The van der Waals surface area contributed by atoms with Gasteiger partial charge in [0.1, 0.15) is 0 Å². The number of carbonyl (C=O) groups excluding carboxylic acids is 2. The summed E-state index contributed by atoms with van der Waals surface area (Å²) in [6.45, 7) is 7.05. The van der Waals surface area contributed by atoms with Crippen LogP contribution in [0.25, 0.3) is 11.3 Å². The predicted octanol–water partition coefficient (Wildman–Crippen LogP) is 3.97. The predicted molar refractivity (Wildman–Crippen MR) is 118 cm³/mol. The van der Waals surface area contributed by atoms with Crippen LogP contribution < -0.4 is 14.8 Å². The van der Waals surface area contributed by atoms with Gasteiger partial charge in [0.05, 0.1) is 19.9 Å². The first-order valence-electron chi connectivity index (χ1n) is 10.1. The number of aromatic nitrogens is 1. The minimum atomic E-state index is -0.102. The van der Waals surface area contributed by atoms with Gasteiger partial charge in [0.2, 0.25) is 11.8 Å². The SMILES string of the molecule is COc1ccc(-c2nc(NC(=O)C3CCN(C(=O)C(C)C)CC3)sc2C)cc1OC. The van der Waals surface area contributed by atoms with Crippen LogP contribution in [0.1, 0.15) is 31.6 Å². The number of thiazole rings is 1. The molecule has 0 aliphatic carbocycles. The Bertz CT molecular complexity index is 917. The Hall–Kier alpha value is -2.61. The molecular formula is C22H29N3O4S. The number of likely N-dealkylation sites (tertiary alicyclic amines) is 1. The number of hydrogen-bond acceptors (Lipinski definition) is 6. The smallest absolute Gasteiger partial charge is 0.229 e. The highest BCUT2D eigenvalue weighted by atomic mass is 32.1. The molecule has 0 unspecified atom stereocenters. The zero-order valence-corrected chi connectivity index (χ0v) is 19.0. The molecule has 2 heterocycles. The Balaban J connectivity index is 1.66. The molecular weight excluding hydrogens is 402 g/mol. The van der Waals surface area contributed by atoms with E-state index in [1.165, 1.54) is 11.3 Å². The average molecular weight is 432 g/mol. The van der Waals surface area contributed by atoms with Crippen LogP contribution in [0.15, 0.2) is 18.2 Å². The van der Waals surface area contributed by atoms with Gasteiger partial charge >= 0.3 is 0 Å². The first-order valence-corrected chi connectivity index (χ1v) is 10.9. The van der Waals surface area contributed by atoms with Crippen molar-refractivity contribution in [2.75, 3.05) is 32.6 Å². The maximum atomic E-state index is 12.7. The fraction of sp³-hybridized carbons (Fsp3) is 0.500. The molecule has 0 atom stereocenters. The quantitative estimate of drug-likeness (QED) is 0.749. The zero-order valence-electron chi connectivity index (χ0n) is 18.2. The molecule has 1 N–H and O–H groups in total. The van der Waals surface area contributed by atoms with E-state index >= 15 is 0 Å². The van der Waals surface area contributed by atoms with Crippen LogP contribution in [0.5, 0.6) is 11.5 Å². The van der Waals surface area contributed by atoms with Crippen molar-refractivity contribution in [1.82, 2.24) is 9.88 Å². The van der Waals surface area contributed by atoms with E-state index in [1.807, 2.05) is 43.9 Å². The summed E-state index contributed by atoms with van der Waals surface area (Å²) in [6, 6.07) is 5.65. The number of benzene rings is 1. The summed E-state index contributed by atoms with van der Waals surface area (Å²) >= 11 is 1.45. The minimum absolute atomic E-state index is 0.0105. The maximum Gasteiger partial charge on any atom is 0.229 e. The molecule has 1 aromatic heterocycles. The monoisotopic (exact) mass is 431 g/mol. The van der Waals surface area contributed by atoms with Crippen LogP contribution in [0, 0.1) is 18.8 Å². The molecule has 0 saturated carbocycles. The summed E-state index contributed by atoms with van der Waals surface area (Å²) in [7, 11) is 3.20. The normalized spacial score (nSPS) is 14.7. The van der Waals surface area contributed by atoms with Crippen LogP contribution in [0.2, 0.25) is 0 Å². The van der Waals surface area contributed by atoms with E-state index < -0.39 is 0 Å². The van der Waals surface area contributed by atoms with Gasteiger partial charge in [-0.05, 0) is 38.0 Å². The lowest BCUT2D eigenvalue weighted by atomic mass is 9.95. The van der Waals surface area contributed by atoms with Crippen LogP contribution in [0.3, 0.4) is 0 Å². The lowest BCUT2D eigenvalue weighted by molar-refractivity contribution is -0.137. The number of amides is 2. The fourth-order valence-electron chi connectivity index (χ4n) is 3.64. The second-order valence-electron chi connectivity index (χ2n) is 7.74. The van der Waals surface area contributed by atoms with Crippen molar-refractivity contribution in [2.45, 2.75) is 33.6 Å². The topological polar surface area (TPSA) is 80.8 Å². The Morgan fingerprint density at radius 2 is 1.83 bits per heavy atom. The summed E-state index contributed by atoms with van der Waals surface area (Å²) in [5.74, 6) is 1.31. The van der Waals surface area contributed by atoms with Gasteiger partial charge in [0.15, 0.2) is 16.6 Å². The molecule has 1 fully saturated rings. The van der Waals surface area contributed by atoms with Gasteiger partial charge in [0.25, 0.3) is 0 Å². The number of anilines is 1. The molecule has 1 aliphatic heterocycles. The highest BCUT2D eigenvalue weighted by molar-refractivity contribution is 7.16. The third-order valence-corrected chi connectivity index (χ3v) is 6.24. The summed E-state index contributed by atoms with van der Waals surface area (Å²) in [5.41, 5.74) is 1.72. The van der Waals surface area contributed by atoms with E-state index in [9.17, 15) is 9.59 Å². The maximum absolute atomic E-state index is 12.7. The number of nitrogens with one attached hydrogen (secondary N) is 1. The number of aryl methyl sites for hydroxylation is 1. The van der Waals surface area contributed by atoms with Crippen molar-refractivity contribution in [1.29, 1.82) is 0 Å². The van der Waals surface area contributed by atoms with Crippen molar-refractivity contribution >= 4 is 28.3 Å². The van der Waals surface area contributed by atoms with Gasteiger partial charge in [0, 0.05) is 35.4 Å². The van der Waals surface area contributed by atoms with Gasteiger partial charge < -0.3 is 19.7 Å². The van der Waals surface area contributed by atoms with E-state index in [0.717, 1.165) is 16.1 Å². The lowest BCUT2D eigenvalue weighted by Gasteiger charge is -2.32. The summed E-state index contributed by atoms with van der Waals surface area (Å²) in [6.07, 6.45) is 1.36. The Labute approximate surface area is 181 Å². The first kappa shape index (κ1) is 22.1. The molecule has 162 valence electrons. The van der Waals surface area contributed by atoms with Crippen LogP contribution in [0.4, 0.5) is 5.13 Å². The standard InChI is InChI=1S/C22H29N3O4S/c1-13(2)21(27)25-10-8-15(9-11-25)20(26)24-22-23-19(14(3)30-22)16-6-7-17(28-4)18(12-16)29-5/h6-7,12-13,15H,8-11H2,1-5H3,(H,23,24,26). The second-order valence-corrected chi connectivity index (χ2v) is 8.94. The molecule has 3 rings (SSSR count). The number of rotatable bonds is 6. The van der Waals surface area contributed by atoms with E-state index in [-0.39, 0.29) is 23.7 Å². The number of piperidine rings is 1. The molecule has 8 heteroatoms. The third kappa shape index (κ3) is 4.75. The Kier molecular flexibility index (Phi) is 6.97. The van der Waals surface area contributed by atoms with Crippen LogP contribution in [-0.2, 0) is 9.59 Å². The molecule has 1 saturated heterocycles. The van der Waals surface area contributed by atoms with Crippen molar-refractivity contribution in [2.24, 2.45) is 11.8 Å². The molecule has 1 aromatic carbocycles. The van der Waals surface area contributed by atoms with Crippen molar-refractivity contribution in [3.63, 3.8) is 0 Å². The number of hydrogen-bond donors (Lipinski definition) is 1. The molecule has 0 bridgehead atoms. The van der Waals surface area contributed by atoms with E-state index in [2.05, 4.69) is 10.3 Å². The van der Waals surface area contributed by atoms with Gasteiger partial charge in [-0.15, -0.1) is 11.3 Å². The number of methoxy groups -OCH3 is 2. The van der Waals surface area contributed by atoms with Crippen LogP contribution >= 0.6 is 11.3 Å². The minimum Gasteiger partial charge on any atom is -0.493 e. The van der Waals surface area contributed by atoms with Gasteiger partial charge in [-0.2, -0.15) is 0 Å². The van der Waals surface area contributed by atoms with Crippen molar-refractivity contribution < 1.29 is 19.1 Å². The molecule has 0 radical (unpaired) electrons. The first-order chi connectivity index (χ1) is 14.3. The molecule has 2 amide bonds. The average Bonchev–Trinajstić information content (AvgIpc) is 3.12. The molecule has 2 aromatic rings. The van der Waals surface area contributed by atoms with Gasteiger partial charge in [-0.1, -0.05) is 13.8 Å². The van der Waals surface area contributed by atoms with Gasteiger partial charge in [-0.25, -0.2) is 4.98 Å². The number of ether oxygens (including phenoxy) is 2. The summed E-state index contributed by atoms with van der Waals surface area (Å²) < 4.78 is 10.7. The zero-order chi connectivity index (χ0) is 21.8. The largest absolute Gasteiger partial charge is 0.493 e. The third-order valence-electron chi connectivity index (χ3n) is 5.36. The second kappa shape index (κ2) is 9.47. The van der Waals surface area contributed by atoms with E-state index in [0.29, 0.717) is 42.6 Å². The van der Waals surface area contributed by atoms with Crippen molar-refractivity contribution in [3.8, 4) is 22.8 Å². The fourth-order valence-corrected chi connectivity index (χ4v) is 4.47. The Morgan fingerprint density at radius 3 is 2.43 bits per heavy atom. The highest BCUT2D eigenvalue weighted by Gasteiger charge is 2.28. The molecule has 1 aliphatic rings. The number of carbonyl (C=O) groups is 2. The number of nitrogens with zero attached hydrogens (tertiary/aromatic N) is 2. The highest BCUT2D eigenvalue weighted by Crippen LogP contribution is 2.36. The van der Waals surface area contributed by atoms with Crippen molar-refractivity contribution in [3.05, 3.63) is 23.1 Å². The summed E-state index contributed by atoms with van der Waals surface area (Å²) in [4.78, 5) is 32.4. The summed E-state index contributed by atoms with van der Waals surface area (Å²) in [5, 5.41) is 3.56. The Morgan fingerprint density at radius 1 is 1.17 bits per heavy atom. The molecule has 7 nitrogen and oxygen atoms in total. The van der Waals surface area contributed by atoms with Gasteiger partial charge in [-0.3, -0.25) is 9.59 Å². The van der Waals surface area contributed by atoms with Crippen LogP contribution in [-0.4, -0.2) is 49.0 Å². The van der Waals surface area contributed by atoms with E-state index in [1.54, 1.807) is 14.2 Å².